The van der Waals surface area contributed by atoms with E-state index in [1.165, 1.54) is 12.1 Å². The quantitative estimate of drug-likeness (QED) is 0.854. The summed E-state index contributed by atoms with van der Waals surface area (Å²) in [4.78, 5) is 0.158. The summed E-state index contributed by atoms with van der Waals surface area (Å²) in [7, 11) is -3.53. The fraction of sp³-hybridized carbons (Fsp3) is 0.538. The van der Waals surface area contributed by atoms with Gasteiger partial charge in [-0.3, -0.25) is 0 Å². The summed E-state index contributed by atoms with van der Waals surface area (Å²) < 4.78 is 26.9. The van der Waals surface area contributed by atoms with Gasteiger partial charge < -0.3 is 5.73 Å². The summed E-state index contributed by atoms with van der Waals surface area (Å²) in [6, 6.07) is 4.55. The Kier molecular flexibility index (Phi) is 4.38. The molecule has 1 atom stereocenters. The van der Waals surface area contributed by atoms with Crippen LogP contribution in [0.4, 0.5) is 5.69 Å². The number of nitrogens with two attached hydrogens (primary N) is 1. The van der Waals surface area contributed by atoms with Crippen LogP contribution in [-0.4, -0.2) is 25.3 Å². The highest BCUT2D eigenvalue weighted by Crippen LogP contribution is 2.29. The monoisotopic (exact) mass is 302 g/mol. The van der Waals surface area contributed by atoms with Crippen LogP contribution in [0, 0.1) is 0 Å². The molecule has 0 saturated carbocycles. The molecule has 0 amide bonds. The molecule has 2 rings (SSSR count). The van der Waals surface area contributed by atoms with Crippen molar-refractivity contribution in [2.45, 2.75) is 43.5 Å². The highest BCUT2D eigenvalue weighted by molar-refractivity contribution is 7.89. The van der Waals surface area contributed by atoms with Crippen LogP contribution in [0.2, 0.25) is 5.02 Å². The SMILES string of the molecule is CC1CCCCCN1S(=O)(=O)c1ccc(Cl)cc1N. The normalized spacial score (nSPS) is 22.1. The molecule has 6 heteroatoms. The van der Waals surface area contributed by atoms with Gasteiger partial charge in [-0.2, -0.15) is 4.31 Å². The molecule has 1 aromatic rings. The number of halogens is 1. The van der Waals surface area contributed by atoms with E-state index in [0.29, 0.717) is 11.6 Å². The average molecular weight is 303 g/mol. The zero-order chi connectivity index (χ0) is 14.0. The van der Waals surface area contributed by atoms with Crippen molar-refractivity contribution in [1.82, 2.24) is 4.31 Å². The van der Waals surface area contributed by atoms with Gasteiger partial charge in [0, 0.05) is 17.6 Å². The molecule has 19 heavy (non-hydrogen) atoms. The van der Waals surface area contributed by atoms with Crippen molar-refractivity contribution in [3.05, 3.63) is 23.2 Å². The number of anilines is 1. The molecule has 0 aliphatic carbocycles. The zero-order valence-electron chi connectivity index (χ0n) is 11.0. The second-order valence-corrected chi connectivity index (χ2v) is 7.29. The second kappa shape index (κ2) is 5.69. The Morgan fingerprint density at radius 3 is 2.74 bits per heavy atom. The highest BCUT2D eigenvalue weighted by atomic mass is 35.5. The topological polar surface area (TPSA) is 63.4 Å². The predicted molar refractivity (Wildman–Crippen MR) is 77.7 cm³/mol. The molecule has 1 saturated heterocycles. The minimum absolute atomic E-state index is 0.0163. The van der Waals surface area contributed by atoms with Gasteiger partial charge in [-0.05, 0) is 38.0 Å². The minimum Gasteiger partial charge on any atom is -0.398 e. The number of sulfonamides is 1. The Hall–Kier alpha value is -0.780. The van der Waals surface area contributed by atoms with E-state index >= 15 is 0 Å². The van der Waals surface area contributed by atoms with Crippen molar-refractivity contribution in [3.8, 4) is 0 Å². The number of nitrogens with zero attached hydrogens (tertiary/aromatic N) is 1. The van der Waals surface area contributed by atoms with E-state index in [9.17, 15) is 8.42 Å². The Morgan fingerprint density at radius 2 is 2.05 bits per heavy atom. The van der Waals surface area contributed by atoms with Gasteiger partial charge in [0.25, 0.3) is 0 Å². The summed E-state index contributed by atoms with van der Waals surface area (Å²) in [5.41, 5.74) is 6.02. The van der Waals surface area contributed by atoms with Crippen molar-refractivity contribution >= 4 is 27.3 Å². The molecule has 1 aliphatic heterocycles. The van der Waals surface area contributed by atoms with Crippen molar-refractivity contribution in [3.63, 3.8) is 0 Å². The Bertz CT molecular complexity index is 560. The number of rotatable bonds is 2. The van der Waals surface area contributed by atoms with Crippen molar-refractivity contribution in [2.75, 3.05) is 12.3 Å². The number of hydrogen-bond acceptors (Lipinski definition) is 3. The predicted octanol–water partition coefficient (Wildman–Crippen LogP) is 2.88. The molecule has 0 aromatic heterocycles. The molecule has 1 heterocycles. The maximum Gasteiger partial charge on any atom is 0.245 e. The average Bonchev–Trinajstić information content (AvgIpc) is 2.53. The number of hydrogen-bond donors (Lipinski definition) is 1. The smallest absolute Gasteiger partial charge is 0.245 e. The summed E-state index contributed by atoms with van der Waals surface area (Å²) in [5, 5.41) is 0.445. The minimum atomic E-state index is -3.53. The van der Waals surface area contributed by atoms with Crippen LogP contribution in [-0.2, 0) is 10.0 Å². The molecule has 4 nitrogen and oxygen atoms in total. The lowest BCUT2D eigenvalue weighted by Crippen LogP contribution is -2.38. The number of nitrogen functional groups attached to an aromatic ring is 1. The maximum atomic E-state index is 12.7. The summed E-state index contributed by atoms with van der Waals surface area (Å²) in [6.45, 7) is 2.51. The third-order valence-electron chi connectivity index (χ3n) is 3.55. The third-order valence-corrected chi connectivity index (χ3v) is 5.87. The van der Waals surface area contributed by atoms with Crippen LogP contribution in [0.25, 0.3) is 0 Å². The summed E-state index contributed by atoms with van der Waals surface area (Å²) >= 11 is 5.82. The van der Waals surface area contributed by atoms with Crippen LogP contribution in [0.1, 0.15) is 32.6 Å². The Morgan fingerprint density at radius 1 is 1.32 bits per heavy atom. The first-order valence-corrected chi connectivity index (χ1v) is 8.31. The molecule has 1 aromatic carbocycles. The van der Waals surface area contributed by atoms with Gasteiger partial charge >= 0.3 is 0 Å². The molecule has 0 bridgehead atoms. The largest absolute Gasteiger partial charge is 0.398 e. The van der Waals surface area contributed by atoms with Crippen molar-refractivity contribution in [1.29, 1.82) is 0 Å². The lowest BCUT2D eigenvalue weighted by atomic mass is 10.1. The van der Waals surface area contributed by atoms with Crippen molar-refractivity contribution < 1.29 is 8.42 Å². The lowest BCUT2D eigenvalue weighted by Gasteiger charge is -2.26. The molecular weight excluding hydrogens is 284 g/mol. The second-order valence-electron chi connectivity index (χ2n) is 5.00. The van der Waals surface area contributed by atoms with Gasteiger partial charge in [0.1, 0.15) is 4.90 Å². The van der Waals surface area contributed by atoms with E-state index in [4.69, 9.17) is 17.3 Å². The van der Waals surface area contributed by atoms with Gasteiger partial charge in [0.2, 0.25) is 10.0 Å². The van der Waals surface area contributed by atoms with Gasteiger partial charge in [-0.15, -0.1) is 0 Å². The van der Waals surface area contributed by atoms with Gasteiger partial charge in [0.15, 0.2) is 0 Å². The molecule has 106 valence electrons. The zero-order valence-corrected chi connectivity index (χ0v) is 12.5. The van der Waals surface area contributed by atoms with Crippen LogP contribution >= 0.6 is 11.6 Å². The number of benzene rings is 1. The molecule has 2 N–H and O–H groups in total. The van der Waals surface area contributed by atoms with E-state index in [1.54, 1.807) is 10.4 Å². The van der Waals surface area contributed by atoms with Gasteiger partial charge in [-0.25, -0.2) is 8.42 Å². The third kappa shape index (κ3) is 3.04. The van der Waals surface area contributed by atoms with Gasteiger partial charge in [-0.1, -0.05) is 24.4 Å². The molecule has 0 spiro atoms. The lowest BCUT2D eigenvalue weighted by molar-refractivity contribution is 0.342. The fourth-order valence-electron chi connectivity index (χ4n) is 2.49. The van der Waals surface area contributed by atoms with Crippen LogP contribution in [0.15, 0.2) is 23.1 Å². The van der Waals surface area contributed by atoms with E-state index < -0.39 is 10.0 Å². The summed E-state index contributed by atoms with van der Waals surface area (Å²) in [6.07, 6.45) is 3.94. The van der Waals surface area contributed by atoms with Gasteiger partial charge in [0.05, 0.1) is 5.69 Å². The molecule has 1 fully saturated rings. The van der Waals surface area contributed by atoms with Crippen LogP contribution in [0.3, 0.4) is 0 Å². The first-order valence-electron chi connectivity index (χ1n) is 6.50. The van der Waals surface area contributed by atoms with E-state index in [1.807, 2.05) is 6.92 Å². The van der Waals surface area contributed by atoms with Crippen LogP contribution < -0.4 is 5.73 Å². The first-order chi connectivity index (χ1) is 8.93. The van der Waals surface area contributed by atoms with E-state index in [2.05, 4.69) is 0 Å². The van der Waals surface area contributed by atoms with E-state index in [0.717, 1.165) is 25.7 Å². The fourth-order valence-corrected chi connectivity index (χ4v) is 4.46. The first kappa shape index (κ1) is 14.6. The molecule has 0 radical (unpaired) electrons. The molecular formula is C13H19ClN2O2S. The van der Waals surface area contributed by atoms with E-state index in [-0.39, 0.29) is 16.6 Å². The molecule has 1 aliphatic rings. The summed E-state index contributed by atoms with van der Waals surface area (Å²) in [5.74, 6) is 0. The Labute approximate surface area is 119 Å². The van der Waals surface area contributed by atoms with Crippen LogP contribution in [0.5, 0.6) is 0 Å². The molecule has 1 unspecified atom stereocenters. The maximum absolute atomic E-state index is 12.7. The highest BCUT2D eigenvalue weighted by Gasteiger charge is 2.31. The Balaban J connectivity index is 2.40. The standard InChI is InChI=1S/C13H19ClN2O2S/c1-10-5-3-2-4-8-16(10)19(17,18)13-7-6-11(14)9-12(13)15/h6-7,9-10H,2-5,8,15H2,1H3. The van der Waals surface area contributed by atoms with Crippen molar-refractivity contribution in [2.24, 2.45) is 0 Å².